The Balaban J connectivity index is 3.00. The van der Waals surface area contributed by atoms with E-state index in [2.05, 4.69) is 14.4 Å². The van der Waals surface area contributed by atoms with E-state index in [-0.39, 0.29) is 17.4 Å². The van der Waals surface area contributed by atoms with Gasteiger partial charge < -0.3 is 5.11 Å². The van der Waals surface area contributed by atoms with Crippen molar-refractivity contribution in [1.82, 2.24) is 9.71 Å². The van der Waals surface area contributed by atoms with E-state index in [1.165, 1.54) is 18.3 Å². The maximum atomic E-state index is 11.5. The number of carbonyl (C=O) groups is 1. The van der Waals surface area contributed by atoms with Crippen molar-refractivity contribution in [1.29, 1.82) is 0 Å². The van der Waals surface area contributed by atoms with Crippen LogP contribution in [0.4, 0.5) is 5.82 Å². The van der Waals surface area contributed by atoms with Gasteiger partial charge in [-0.1, -0.05) is 0 Å². The van der Waals surface area contributed by atoms with Crippen molar-refractivity contribution in [2.75, 3.05) is 4.72 Å². The molecule has 17 heavy (non-hydrogen) atoms. The molecule has 0 aliphatic heterocycles. The van der Waals surface area contributed by atoms with Crippen LogP contribution < -0.4 is 9.44 Å². The van der Waals surface area contributed by atoms with E-state index in [0.29, 0.717) is 0 Å². The van der Waals surface area contributed by atoms with Gasteiger partial charge >= 0.3 is 16.2 Å². The second-order valence-corrected chi connectivity index (χ2v) is 5.03. The van der Waals surface area contributed by atoms with E-state index < -0.39 is 16.2 Å². The number of nitrogens with one attached hydrogen (secondary N) is 2. The predicted octanol–water partition coefficient (Wildman–Crippen LogP) is 0.434. The summed E-state index contributed by atoms with van der Waals surface area (Å²) in [5.74, 6) is -1.46. The first kappa shape index (κ1) is 13.4. The van der Waals surface area contributed by atoms with Crippen LogP contribution in [0.25, 0.3) is 0 Å². The standard InChI is InChI=1S/C9H13N3O4S/c1-6(2)11-17(15,16)12-8-7(9(13)14)4-3-5-10-8/h3-6,11H,1-2H3,(H,10,12)(H,13,14). The smallest absolute Gasteiger partial charge is 0.339 e. The second kappa shape index (κ2) is 5.11. The van der Waals surface area contributed by atoms with Gasteiger partial charge in [-0.3, -0.25) is 4.72 Å². The molecule has 0 atom stereocenters. The molecule has 0 aromatic carbocycles. The van der Waals surface area contributed by atoms with Gasteiger partial charge in [0.15, 0.2) is 5.82 Å². The first-order valence-electron chi connectivity index (χ1n) is 4.80. The van der Waals surface area contributed by atoms with Crippen LogP contribution in [0.1, 0.15) is 24.2 Å². The minimum absolute atomic E-state index is 0.207. The van der Waals surface area contributed by atoms with Gasteiger partial charge in [-0.05, 0) is 26.0 Å². The molecular formula is C9H13N3O4S. The van der Waals surface area contributed by atoms with Crippen molar-refractivity contribution in [2.24, 2.45) is 0 Å². The number of hydrogen-bond donors (Lipinski definition) is 3. The molecule has 94 valence electrons. The monoisotopic (exact) mass is 259 g/mol. The Labute approximate surface area is 99.1 Å². The molecule has 0 bridgehead atoms. The average molecular weight is 259 g/mol. The fourth-order valence-electron chi connectivity index (χ4n) is 1.13. The lowest BCUT2D eigenvalue weighted by molar-refractivity contribution is 0.0697. The summed E-state index contributed by atoms with van der Waals surface area (Å²) in [6.07, 6.45) is 1.31. The van der Waals surface area contributed by atoms with Crippen LogP contribution in [0.3, 0.4) is 0 Å². The second-order valence-electron chi connectivity index (χ2n) is 3.58. The number of carboxylic acids is 1. The third-order valence-corrected chi connectivity index (χ3v) is 2.90. The van der Waals surface area contributed by atoms with Gasteiger partial charge in [0.2, 0.25) is 0 Å². The van der Waals surface area contributed by atoms with Gasteiger partial charge in [-0.25, -0.2) is 9.78 Å². The topological polar surface area (TPSA) is 108 Å². The predicted molar refractivity (Wildman–Crippen MR) is 62.0 cm³/mol. The zero-order valence-electron chi connectivity index (χ0n) is 9.34. The molecule has 0 radical (unpaired) electrons. The highest BCUT2D eigenvalue weighted by Gasteiger charge is 2.17. The van der Waals surface area contributed by atoms with Crippen molar-refractivity contribution >= 4 is 22.0 Å². The maximum absolute atomic E-state index is 11.5. The minimum atomic E-state index is -3.82. The van der Waals surface area contributed by atoms with Crippen LogP contribution in [-0.2, 0) is 10.2 Å². The Kier molecular flexibility index (Phi) is 4.02. The molecule has 8 heteroatoms. The van der Waals surface area contributed by atoms with Crippen LogP contribution in [-0.4, -0.2) is 30.5 Å². The molecule has 0 fully saturated rings. The van der Waals surface area contributed by atoms with Crippen LogP contribution in [0.2, 0.25) is 0 Å². The summed E-state index contributed by atoms with van der Waals surface area (Å²) in [5.41, 5.74) is -0.207. The van der Waals surface area contributed by atoms with Gasteiger partial charge in [-0.15, -0.1) is 0 Å². The molecule has 0 aliphatic carbocycles. The van der Waals surface area contributed by atoms with Gasteiger partial charge in [-0.2, -0.15) is 13.1 Å². The highest BCUT2D eigenvalue weighted by Crippen LogP contribution is 2.12. The number of aromatic nitrogens is 1. The third-order valence-electron chi connectivity index (χ3n) is 1.66. The number of carboxylic acid groups (broad SMARTS) is 1. The Hall–Kier alpha value is -1.67. The zero-order valence-corrected chi connectivity index (χ0v) is 10.2. The van der Waals surface area contributed by atoms with E-state index in [1.807, 2.05) is 0 Å². The summed E-state index contributed by atoms with van der Waals surface area (Å²) in [5, 5.41) is 8.85. The van der Waals surface area contributed by atoms with Crippen LogP contribution in [0.15, 0.2) is 18.3 Å². The fourth-order valence-corrected chi connectivity index (χ4v) is 2.22. The first-order chi connectivity index (χ1) is 7.82. The number of pyridine rings is 1. The summed E-state index contributed by atoms with van der Waals surface area (Å²) in [7, 11) is -3.82. The lowest BCUT2D eigenvalue weighted by Gasteiger charge is -2.12. The molecular weight excluding hydrogens is 246 g/mol. The Morgan fingerprint density at radius 1 is 1.47 bits per heavy atom. The number of hydrogen-bond acceptors (Lipinski definition) is 4. The lowest BCUT2D eigenvalue weighted by Crippen LogP contribution is -2.35. The molecule has 0 saturated heterocycles. The molecule has 1 rings (SSSR count). The number of rotatable bonds is 5. The normalized spacial score (nSPS) is 11.5. The summed E-state index contributed by atoms with van der Waals surface area (Å²) in [6, 6.07) is 2.38. The quantitative estimate of drug-likeness (QED) is 0.710. The largest absolute Gasteiger partial charge is 0.478 e. The summed E-state index contributed by atoms with van der Waals surface area (Å²) >= 11 is 0. The van der Waals surface area contributed by atoms with Crippen molar-refractivity contribution < 1.29 is 18.3 Å². The van der Waals surface area contributed by atoms with E-state index in [1.54, 1.807) is 13.8 Å². The summed E-state index contributed by atoms with van der Waals surface area (Å²) < 4.78 is 27.4. The Bertz CT molecular complexity index is 513. The van der Waals surface area contributed by atoms with E-state index in [4.69, 9.17) is 5.11 Å². The summed E-state index contributed by atoms with van der Waals surface area (Å²) in [6.45, 7) is 3.30. The van der Waals surface area contributed by atoms with E-state index >= 15 is 0 Å². The van der Waals surface area contributed by atoms with E-state index in [0.717, 1.165) is 0 Å². The Morgan fingerprint density at radius 2 is 2.12 bits per heavy atom. The van der Waals surface area contributed by atoms with Gasteiger partial charge in [0.25, 0.3) is 0 Å². The molecule has 0 amide bonds. The summed E-state index contributed by atoms with van der Waals surface area (Å²) in [4.78, 5) is 14.5. The number of anilines is 1. The molecule has 0 aliphatic rings. The molecule has 1 heterocycles. The Morgan fingerprint density at radius 3 is 2.65 bits per heavy atom. The average Bonchev–Trinajstić information content (AvgIpc) is 2.14. The molecule has 3 N–H and O–H groups in total. The van der Waals surface area contributed by atoms with Crippen molar-refractivity contribution in [3.63, 3.8) is 0 Å². The molecule has 0 saturated carbocycles. The lowest BCUT2D eigenvalue weighted by atomic mass is 10.3. The van der Waals surface area contributed by atoms with E-state index in [9.17, 15) is 13.2 Å². The molecule has 1 aromatic rings. The molecule has 0 spiro atoms. The molecule has 7 nitrogen and oxygen atoms in total. The van der Waals surface area contributed by atoms with Crippen molar-refractivity contribution in [3.8, 4) is 0 Å². The fraction of sp³-hybridized carbons (Fsp3) is 0.333. The first-order valence-corrected chi connectivity index (χ1v) is 6.28. The van der Waals surface area contributed by atoms with Crippen LogP contribution >= 0.6 is 0 Å². The van der Waals surface area contributed by atoms with Gasteiger partial charge in [0.1, 0.15) is 5.56 Å². The van der Waals surface area contributed by atoms with Crippen molar-refractivity contribution in [3.05, 3.63) is 23.9 Å². The highest BCUT2D eigenvalue weighted by atomic mass is 32.2. The number of nitrogens with zero attached hydrogens (tertiary/aromatic N) is 1. The minimum Gasteiger partial charge on any atom is -0.478 e. The molecule has 0 unspecified atom stereocenters. The maximum Gasteiger partial charge on any atom is 0.339 e. The number of aromatic carboxylic acids is 1. The van der Waals surface area contributed by atoms with Crippen LogP contribution in [0.5, 0.6) is 0 Å². The van der Waals surface area contributed by atoms with Crippen molar-refractivity contribution in [2.45, 2.75) is 19.9 Å². The van der Waals surface area contributed by atoms with Gasteiger partial charge in [0.05, 0.1) is 0 Å². The molecule has 1 aromatic heterocycles. The van der Waals surface area contributed by atoms with Crippen LogP contribution in [0, 0.1) is 0 Å². The zero-order chi connectivity index (χ0) is 13.1. The third kappa shape index (κ3) is 4.00. The van der Waals surface area contributed by atoms with Gasteiger partial charge in [0, 0.05) is 12.2 Å². The highest BCUT2D eigenvalue weighted by molar-refractivity contribution is 7.90. The SMILES string of the molecule is CC(C)NS(=O)(=O)Nc1ncccc1C(=O)O.